The third-order valence-corrected chi connectivity index (χ3v) is 5.81. The fraction of sp³-hybridized carbons (Fsp3) is 0.579. The zero-order valence-electron chi connectivity index (χ0n) is 14.7. The molecule has 142 valence electrons. The number of fused-ring (bicyclic) bond motifs is 1. The van der Waals surface area contributed by atoms with Crippen molar-refractivity contribution >= 4 is 29.9 Å². The lowest BCUT2D eigenvalue weighted by Gasteiger charge is -2.35. The standard InChI is InChI=1S/C19H24FN3O2.ClH/c20-15-11-17-13(3-4-18(24)22-17)10-14(15)19(25)23-8-5-12(6-9-23)16-2-1-7-21-16;/h10-12,16,21H,1-9H2,(H,22,24);1H. The van der Waals surface area contributed by atoms with E-state index in [4.69, 9.17) is 0 Å². The molecule has 2 amide bonds. The maximum atomic E-state index is 14.4. The Balaban J connectivity index is 0.00000196. The minimum absolute atomic E-state index is 0. The summed E-state index contributed by atoms with van der Waals surface area (Å²) in [7, 11) is 0. The van der Waals surface area contributed by atoms with E-state index in [0.29, 0.717) is 43.6 Å². The van der Waals surface area contributed by atoms with Crippen LogP contribution in [0.25, 0.3) is 0 Å². The molecular formula is C19H25ClFN3O2. The fourth-order valence-electron chi connectivity index (χ4n) is 4.36. The van der Waals surface area contributed by atoms with Crippen LogP contribution in [0.3, 0.4) is 0 Å². The fourth-order valence-corrected chi connectivity index (χ4v) is 4.36. The summed E-state index contributed by atoms with van der Waals surface area (Å²) >= 11 is 0. The summed E-state index contributed by atoms with van der Waals surface area (Å²) in [5.41, 5.74) is 1.47. The van der Waals surface area contributed by atoms with Gasteiger partial charge in [0.1, 0.15) is 5.82 Å². The minimum Gasteiger partial charge on any atom is -0.339 e. The van der Waals surface area contributed by atoms with Crippen LogP contribution >= 0.6 is 12.4 Å². The number of nitrogens with one attached hydrogen (secondary N) is 2. The summed E-state index contributed by atoms with van der Waals surface area (Å²) in [6.45, 7) is 2.48. The number of halogens is 2. The van der Waals surface area contributed by atoms with E-state index in [0.717, 1.165) is 24.9 Å². The molecule has 0 radical (unpaired) electrons. The van der Waals surface area contributed by atoms with E-state index < -0.39 is 5.82 Å². The highest BCUT2D eigenvalue weighted by atomic mass is 35.5. The van der Waals surface area contributed by atoms with E-state index >= 15 is 0 Å². The van der Waals surface area contributed by atoms with Gasteiger partial charge in [-0.1, -0.05) is 0 Å². The Hall–Kier alpha value is -1.66. The van der Waals surface area contributed by atoms with Gasteiger partial charge in [0.15, 0.2) is 0 Å². The van der Waals surface area contributed by atoms with E-state index in [1.54, 1.807) is 11.0 Å². The maximum absolute atomic E-state index is 14.4. The Morgan fingerprint density at radius 1 is 1.15 bits per heavy atom. The van der Waals surface area contributed by atoms with Gasteiger partial charge in [0.25, 0.3) is 5.91 Å². The van der Waals surface area contributed by atoms with Crippen molar-refractivity contribution in [2.75, 3.05) is 25.0 Å². The summed E-state index contributed by atoms with van der Waals surface area (Å²) in [6.07, 6.45) is 5.35. The molecule has 4 rings (SSSR count). The molecule has 2 N–H and O–H groups in total. The van der Waals surface area contributed by atoms with Crippen LogP contribution in [0.4, 0.5) is 10.1 Å². The van der Waals surface area contributed by atoms with Crippen LogP contribution in [-0.2, 0) is 11.2 Å². The van der Waals surface area contributed by atoms with Crippen molar-refractivity contribution in [1.82, 2.24) is 10.2 Å². The zero-order chi connectivity index (χ0) is 17.4. The number of rotatable bonds is 2. The van der Waals surface area contributed by atoms with Crippen molar-refractivity contribution in [2.45, 2.75) is 44.6 Å². The second kappa shape index (κ2) is 7.92. The van der Waals surface area contributed by atoms with Crippen molar-refractivity contribution in [3.05, 3.63) is 29.1 Å². The molecule has 0 saturated carbocycles. The molecule has 7 heteroatoms. The Morgan fingerprint density at radius 3 is 2.62 bits per heavy atom. The van der Waals surface area contributed by atoms with E-state index in [2.05, 4.69) is 10.6 Å². The number of anilines is 1. The summed E-state index contributed by atoms with van der Waals surface area (Å²) in [4.78, 5) is 26.0. The maximum Gasteiger partial charge on any atom is 0.256 e. The Labute approximate surface area is 159 Å². The largest absolute Gasteiger partial charge is 0.339 e. The lowest BCUT2D eigenvalue weighted by atomic mass is 9.88. The molecule has 0 spiro atoms. The molecule has 0 aliphatic carbocycles. The number of amides is 2. The molecule has 3 aliphatic rings. The predicted molar refractivity (Wildman–Crippen MR) is 100 cm³/mol. The third-order valence-electron chi connectivity index (χ3n) is 5.81. The molecule has 2 fully saturated rings. The van der Waals surface area contributed by atoms with Crippen molar-refractivity contribution in [3.8, 4) is 0 Å². The highest BCUT2D eigenvalue weighted by molar-refractivity contribution is 5.98. The Bertz CT molecular complexity index is 698. The van der Waals surface area contributed by atoms with E-state index in [1.165, 1.54) is 18.9 Å². The molecule has 0 bridgehead atoms. The summed E-state index contributed by atoms with van der Waals surface area (Å²) in [5, 5.41) is 6.22. The molecule has 0 aromatic heterocycles. The van der Waals surface area contributed by atoms with Gasteiger partial charge < -0.3 is 15.5 Å². The van der Waals surface area contributed by atoms with E-state index in [9.17, 15) is 14.0 Å². The van der Waals surface area contributed by atoms with Crippen molar-refractivity contribution in [2.24, 2.45) is 5.92 Å². The average molecular weight is 382 g/mol. The van der Waals surface area contributed by atoms with Gasteiger partial charge in [-0.3, -0.25) is 9.59 Å². The van der Waals surface area contributed by atoms with E-state index in [1.807, 2.05) is 0 Å². The number of hydrogen-bond acceptors (Lipinski definition) is 3. The molecule has 1 unspecified atom stereocenters. The van der Waals surface area contributed by atoms with Gasteiger partial charge in [-0.05, 0) is 62.3 Å². The number of likely N-dealkylation sites (tertiary alicyclic amines) is 1. The van der Waals surface area contributed by atoms with Gasteiger partial charge >= 0.3 is 0 Å². The van der Waals surface area contributed by atoms with Gasteiger partial charge in [0, 0.05) is 31.2 Å². The third kappa shape index (κ3) is 3.71. The van der Waals surface area contributed by atoms with Gasteiger partial charge in [0.05, 0.1) is 5.56 Å². The van der Waals surface area contributed by atoms with Crippen LogP contribution in [0.1, 0.15) is 48.0 Å². The van der Waals surface area contributed by atoms with Gasteiger partial charge in [-0.25, -0.2) is 4.39 Å². The van der Waals surface area contributed by atoms with Crippen LogP contribution in [0, 0.1) is 11.7 Å². The highest BCUT2D eigenvalue weighted by Crippen LogP contribution is 2.29. The predicted octanol–water partition coefficient (Wildman–Crippen LogP) is 2.74. The monoisotopic (exact) mass is 381 g/mol. The number of benzene rings is 1. The molecular weight excluding hydrogens is 357 g/mol. The first-order chi connectivity index (χ1) is 12.1. The molecule has 1 atom stereocenters. The van der Waals surface area contributed by atoms with Crippen molar-refractivity contribution in [3.63, 3.8) is 0 Å². The molecule has 2 saturated heterocycles. The van der Waals surface area contributed by atoms with Crippen LogP contribution in [0.2, 0.25) is 0 Å². The average Bonchev–Trinajstić information content (AvgIpc) is 3.15. The normalized spacial score (nSPS) is 23.2. The summed E-state index contributed by atoms with van der Waals surface area (Å²) < 4.78 is 14.4. The Morgan fingerprint density at radius 2 is 1.92 bits per heavy atom. The SMILES string of the molecule is Cl.O=C1CCc2cc(C(=O)N3CCC(C4CCCN4)CC3)c(F)cc2N1. The van der Waals surface area contributed by atoms with Crippen LogP contribution in [0.15, 0.2) is 12.1 Å². The number of carbonyl (C=O) groups is 2. The van der Waals surface area contributed by atoms with Gasteiger partial charge in [-0.15, -0.1) is 12.4 Å². The molecule has 3 heterocycles. The van der Waals surface area contributed by atoms with Crippen LogP contribution in [0.5, 0.6) is 0 Å². The number of carbonyl (C=O) groups excluding carboxylic acids is 2. The lowest BCUT2D eigenvalue weighted by Crippen LogP contribution is -2.43. The molecule has 1 aromatic carbocycles. The number of aryl methyl sites for hydroxylation is 1. The van der Waals surface area contributed by atoms with Crippen molar-refractivity contribution in [1.29, 1.82) is 0 Å². The highest BCUT2D eigenvalue weighted by Gasteiger charge is 2.31. The van der Waals surface area contributed by atoms with Crippen LogP contribution in [-0.4, -0.2) is 42.4 Å². The summed E-state index contributed by atoms with van der Waals surface area (Å²) in [6, 6.07) is 3.49. The van der Waals surface area contributed by atoms with Crippen LogP contribution < -0.4 is 10.6 Å². The molecule has 3 aliphatic heterocycles. The second-order valence-electron chi connectivity index (χ2n) is 7.37. The topological polar surface area (TPSA) is 61.4 Å². The van der Waals surface area contributed by atoms with Crippen molar-refractivity contribution < 1.29 is 14.0 Å². The summed E-state index contributed by atoms with van der Waals surface area (Å²) in [5.74, 6) is -0.260. The smallest absolute Gasteiger partial charge is 0.256 e. The zero-order valence-corrected chi connectivity index (χ0v) is 15.5. The first-order valence-corrected chi connectivity index (χ1v) is 9.27. The quantitative estimate of drug-likeness (QED) is 0.828. The number of hydrogen-bond donors (Lipinski definition) is 2. The van der Waals surface area contributed by atoms with Gasteiger partial charge in [-0.2, -0.15) is 0 Å². The molecule has 5 nitrogen and oxygen atoms in total. The lowest BCUT2D eigenvalue weighted by molar-refractivity contribution is -0.116. The second-order valence-corrected chi connectivity index (χ2v) is 7.37. The number of piperidine rings is 1. The Kier molecular flexibility index (Phi) is 5.82. The van der Waals surface area contributed by atoms with E-state index in [-0.39, 0.29) is 29.8 Å². The number of nitrogens with zero attached hydrogens (tertiary/aromatic N) is 1. The molecule has 26 heavy (non-hydrogen) atoms. The van der Waals surface area contributed by atoms with Gasteiger partial charge in [0.2, 0.25) is 5.91 Å². The first-order valence-electron chi connectivity index (χ1n) is 9.27. The molecule has 1 aromatic rings. The minimum atomic E-state index is -0.550. The first kappa shape index (κ1) is 19.1.